The van der Waals surface area contributed by atoms with E-state index < -0.39 is 5.60 Å². The van der Waals surface area contributed by atoms with Gasteiger partial charge in [-0.3, -0.25) is 0 Å². The highest BCUT2D eigenvalue weighted by Crippen LogP contribution is 2.36. The van der Waals surface area contributed by atoms with Gasteiger partial charge in [0, 0.05) is 18.0 Å². The predicted molar refractivity (Wildman–Crippen MR) is 77.2 cm³/mol. The van der Waals surface area contributed by atoms with Crippen molar-refractivity contribution in [3.8, 4) is 11.5 Å². The molecule has 2 N–H and O–H groups in total. The van der Waals surface area contributed by atoms with Gasteiger partial charge in [0.25, 0.3) is 0 Å². The zero-order chi connectivity index (χ0) is 13.9. The average molecular weight is 283 g/mol. The lowest BCUT2D eigenvalue weighted by Gasteiger charge is -2.22. The third-order valence-electron chi connectivity index (χ3n) is 2.82. The van der Waals surface area contributed by atoms with Crippen LogP contribution in [0.3, 0.4) is 0 Å². The Bertz CT molecular complexity index is 443. The molecule has 1 aliphatic rings. The van der Waals surface area contributed by atoms with Gasteiger partial charge in [0.15, 0.2) is 11.5 Å². The molecule has 1 aliphatic heterocycles. The number of hydrogen-bond donors (Lipinski definition) is 2. The SMILES string of the molecule is CSc1cc2c(cc1CNCC(C)(C)O)OCCO2. The first-order chi connectivity index (χ1) is 8.99. The molecule has 0 atom stereocenters. The Morgan fingerprint density at radius 2 is 1.89 bits per heavy atom. The van der Waals surface area contributed by atoms with Gasteiger partial charge in [-0.2, -0.15) is 0 Å². The Hall–Kier alpha value is -0.910. The maximum absolute atomic E-state index is 9.70. The van der Waals surface area contributed by atoms with Gasteiger partial charge in [-0.1, -0.05) is 0 Å². The summed E-state index contributed by atoms with van der Waals surface area (Å²) in [6.07, 6.45) is 2.05. The fourth-order valence-electron chi connectivity index (χ4n) is 1.94. The molecule has 1 aromatic carbocycles. The third kappa shape index (κ3) is 4.03. The molecular formula is C14H21NO3S. The summed E-state index contributed by atoms with van der Waals surface area (Å²) in [6.45, 7) is 6.05. The number of nitrogens with one attached hydrogen (secondary N) is 1. The molecule has 4 nitrogen and oxygen atoms in total. The minimum atomic E-state index is -0.701. The second-order valence-corrected chi connectivity index (χ2v) is 6.07. The van der Waals surface area contributed by atoms with Crippen LogP contribution in [-0.2, 0) is 6.54 Å². The number of fused-ring (bicyclic) bond motifs is 1. The Kier molecular flexibility index (Phi) is 4.60. The molecule has 5 heteroatoms. The highest BCUT2D eigenvalue weighted by Gasteiger charge is 2.16. The lowest BCUT2D eigenvalue weighted by Crippen LogP contribution is -2.34. The van der Waals surface area contributed by atoms with Crippen LogP contribution >= 0.6 is 11.8 Å². The second kappa shape index (κ2) is 6.03. The van der Waals surface area contributed by atoms with Gasteiger partial charge in [0.2, 0.25) is 0 Å². The van der Waals surface area contributed by atoms with E-state index in [4.69, 9.17) is 9.47 Å². The molecule has 0 saturated carbocycles. The van der Waals surface area contributed by atoms with Crippen LogP contribution in [0.2, 0.25) is 0 Å². The van der Waals surface area contributed by atoms with Gasteiger partial charge in [-0.05, 0) is 37.8 Å². The van der Waals surface area contributed by atoms with Crippen molar-refractivity contribution in [2.75, 3.05) is 26.0 Å². The Morgan fingerprint density at radius 1 is 1.26 bits per heavy atom. The maximum atomic E-state index is 9.70. The van der Waals surface area contributed by atoms with Crippen molar-refractivity contribution >= 4 is 11.8 Å². The van der Waals surface area contributed by atoms with E-state index in [1.807, 2.05) is 18.4 Å². The van der Waals surface area contributed by atoms with Crippen LogP contribution < -0.4 is 14.8 Å². The summed E-state index contributed by atoms with van der Waals surface area (Å²) in [5.41, 5.74) is 0.467. The predicted octanol–water partition coefficient (Wildman–Crippen LogP) is 2.04. The first kappa shape index (κ1) is 14.5. The zero-order valence-corrected chi connectivity index (χ0v) is 12.5. The number of ether oxygens (including phenoxy) is 2. The molecule has 0 aromatic heterocycles. The lowest BCUT2D eigenvalue weighted by molar-refractivity contribution is 0.0794. The molecule has 0 spiro atoms. The summed E-state index contributed by atoms with van der Waals surface area (Å²) >= 11 is 1.69. The summed E-state index contributed by atoms with van der Waals surface area (Å²) in [5, 5.41) is 13.0. The van der Waals surface area contributed by atoms with Crippen LogP contribution in [0.4, 0.5) is 0 Å². The summed E-state index contributed by atoms with van der Waals surface area (Å²) in [6, 6.07) is 4.05. The van der Waals surface area contributed by atoms with Crippen LogP contribution in [0, 0.1) is 0 Å². The molecule has 1 heterocycles. The van der Waals surface area contributed by atoms with E-state index in [0.717, 1.165) is 11.5 Å². The highest BCUT2D eigenvalue weighted by atomic mass is 32.2. The Balaban J connectivity index is 2.10. The van der Waals surface area contributed by atoms with Crippen LogP contribution in [0.1, 0.15) is 19.4 Å². The second-order valence-electron chi connectivity index (χ2n) is 5.22. The van der Waals surface area contributed by atoms with Gasteiger partial charge >= 0.3 is 0 Å². The van der Waals surface area contributed by atoms with Gasteiger partial charge in [-0.15, -0.1) is 11.8 Å². The van der Waals surface area contributed by atoms with Gasteiger partial charge in [0.1, 0.15) is 13.2 Å². The molecule has 0 saturated heterocycles. The van der Waals surface area contributed by atoms with Gasteiger partial charge < -0.3 is 19.9 Å². The van der Waals surface area contributed by atoms with E-state index in [1.54, 1.807) is 25.6 Å². The first-order valence-electron chi connectivity index (χ1n) is 6.39. The molecular weight excluding hydrogens is 262 g/mol. The topological polar surface area (TPSA) is 50.7 Å². The van der Waals surface area contributed by atoms with Crippen molar-refractivity contribution in [1.29, 1.82) is 0 Å². The Labute approximate surface area is 118 Å². The molecule has 0 aliphatic carbocycles. The minimum Gasteiger partial charge on any atom is -0.486 e. The number of rotatable bonds is 5. The number of hydrogen-bond acceptors (Lipinski definition) is 5. The van der Waals surface area contributed by atoms with Crippen LogP contribution in [-0.4, -0.2) is 36.7 Å². The summed E-state index contributed by atoms with van der Waals surface area (Å²) in [5.74, 6) is 1.63. The van der Waals surface area contributed by atoms with Crippen molar-refractivity contribution in [1.82, 2.24) is 5.32 Å². The number of aliphatic hydroxyl groups is 1. The fraction of sp³-hybridized carbons (Fsp3) is 0.571. The van der Waals surface area contributed by atoms with Crippen molar-refractivity contribution in [2.45, 2.75) is 30.9 Å². The monoisotopic (exact) mass is 283 g/mol. The average Bonchev–Trinajstić information content (AvgIpc) is 2.36. The number of thioether (sulfide) groups is 1. The molecule has 19 heavy (non-hydrogen) atoms. The van der Waals surface area contributed by atoms with Gasteiger partial charge in [-0.25, -0.2) is 0 Å². The normalized spacial score (nSPS) is 14.5. The van der Waals surface area contributed by atoms with Crippen LogP contribution in [0.15, 0.2) is 17.0 Å². The smallest absolute Gasteiger partial charge is 0.162 e. The molecule has 0 radical (unpaired) electrons. The van der Waals surface area contributed by atoms with Crippen LogP contribution in [0.5, 0.6) is 11.5 Å². The van der Waals surface area contributed by atoms with Crippen molar-refractivity contribution < 1.29 is 14.6 Å². The maximum Gasteiger partial charge on any atom is 0.162 e. The van der Waals surface area contributed by atoms with E-state index >= 15 is 0 Å². The molecule has 0 bridgehead atoms. The Morgan fingerprint density at radius 3 is 2.47 bits per heavy atom. The van der Waals surface area contributed by atoms with E-state index in [0.29, 0.717) is 26.3 Å². The quantitative estimate of drug-likeness (QED) is 0.810. The fourth-order valence-corrected chi connectivity index (χ4v) is 2.56. The van der Waals surface area contributed by atoms with Crippen molar-refractivity contribution in [3.05, 3.63) is 17.7 Å². The lowest BCUT2D eigenvalue weighted by atomic mass is 10.1. The van der Waals surface area contributed by atoms with Gasteiger partial charge in [0.05, 0.1) is 5.60 Å². The highest BCUT2D eigenvalue weighted by molar-refractivity contribution is 7.98. The first-order valence-corrected chi connectivity index (χ1v) is 7.62. The van der Waals surface area contributed by atoms with Crippen molar-refractivity contribution in [2.24, 2.45) is 0 Å². The van der Waals surface area contributed by atoms with E-state index in [9.17, 15) is 5.11 Å². The number of benzene rings is 1. The van der Waals surface area contributed by atoms with E-state index in [-0.39, 0.29) is 0 Å². The molecule has 2 rings (SSSR count). The van der Waals surface area contributed by atoms with Crippen LogP contribution in [0.25, 0.3) is 0 Å². The van der Waals surface area contributed by atoms with E-state index in [2.05, 4.69) is 5.32 Å². The molecule has 0 fully saturated rings. The van der Waals surface area contributed by atoms with Crippen molar-refractivity contribution in [3.63, 3.8) is 0 Å². The third-order valence-corrected chi connectivity index (χ3v) is 3.64. The molecule has 1 aromatic rings. The molecule has 0 amide bonds. The largest absolute Gasteiger partial charge is 0.486 e. The summed E-state index contributed by atoms with van der Waals surface area (Å²) < 4.78 is 11.2. The molecule has 0 unspecified atom stereocenters. The minimum absolute atomic E-state index is 0.551. The standard InChI is InChI=1S/C14H21NO3S/c1-14(2,16)9-15-8-10-6-11-12(7-13(10)19-3)18-5-4-17-11/h6-7,15-16H,4-5,8-9H2,1-3H3. The molecule has 106 valence electrons. The summed E-state index contributed by atoms with van der Waals surface area (Å²) in [4.78, 5) is 1.17. The zero-order valence-electron chi connectivity index (χ0n) is 11.7. The summed E-state index contributed by atoms with van der Waals surface area (Å²) in [7, 11) is 0. The van der Waals surface area contributed by atoms with E-state index in [1.165, 1.54) is 10.5 Å².